The summed E-state index contributed by atoms with van der Waals surface area (Å²) in [5, 5.41) is 3.30. The highest BCUT2D eigenvalue weighted by molar-refractivity contribution is 6.32. The van der Waals surface area contributed by atoms with E-state index in [0.29, 0.717) is 22.7 Å². The largest absolute Gasteiger partial charge is 0.317 e. The molecule has 4 rings (SSSR count). The Balaban J connectivity index is 1.70. The number of halogens is 1. The topological polar surface area (TPSA) is 49.4 Å². The fraction of sp³-hybridized carbons (Fsp3) is 0.0833. The second-order valence-electron chi connectivity index (χ2n) is 6.74. The molecule has 1 heterocycles. The third-order valence-corrected chi connectivity index (χ3v) is 5.20. The van der Waals surface area contributed by atoms with Gasteiger partial charge in [-0.2, -0.15) is 0 Å². The van der Waals surface area contributed by atoms with E-state index < -0.39 is 0 Å². The predicted octanol–water partition coefficient (Wildman–Crippen LogP) is 4.70. The number of amides is 2. The number of para-hydroxylation sites is 1. The number of rotatable bonds is 4. The summed E-state index contributed by atoms with van der Waals surface area (Å²) in [5.41, 5.74) is 3.32. The van der Waals surface area contributed by atoms with Gasteiger partial charge in [-0.15, -0.1) is 0 Å². The van der Waals surface area contributed by atoms with Crippen molar-refractivity contribution in [3.63, 3.8) is 0 Å². The molecule has 0 saturated carbocycles. The normalized spacial score (nSPS) is 13.1. The van der Waals surface area contributed by atoms with Crippen LogP contribution in [0.15, 0.2) is 84.6 Å². The first-order valence-electron chi connectivity index (χ1n) is 9.36. The molecule has 29 heavy (non-hydrogen) atoms. The molecule has 3 aromatic carbocycles. The van der Waals surface area contributed by atoms with Gasteiger partial charge in [0.1, 0.15) is 5.70 Å². The summed E-state index contributed by atoms with van der Waals surface area (Å²) in [7, 11) is 0. The second-order valence-corrected chi connectivity index (χ2v) is 7.14. The highest BCUT2D eigenvalue weighted by atomic mass is 35.5. The third-order valence-electron chi connectivity index (χ3n) is 4.85. The zero-order chi connectivity index (χ0) is 20.2. The molecular formula is C24H19ClN2O2. The Morgan fingerprint density at radius 2 is 1.59 bits per heavy atom. The van der Waals surface area contributed by atoms with Crippen molar-refractivity contribution in [3.8, 4) is 0 Å². The number of carbonyl (C=O) groups is 2. The predicted molar refractivity (Wildman–Crippen MR) is 116 cm³/mol. The van der Waals surface area contributed by atoms with Crippen molar-refractivity contribution >= 4 is 35.2 Å². The highest BCUT2D eigenvalue weighted by Crippen LogP contribution is 2.29. The number of hydrogen-bond donors (Lipinski definition) is 1. The van der Waals surface area contributed by atoms with Gasteiger partial charge in [-0.1, -0.05) is 66.2 Å². The van der Waals surface area contributed by atoms with E-state index in [1.807, 2.05) is 48.5 Å². The molecule has 0 unspecified atom stereocenters. The lowest BCUT2D eigenvalue weighted by atomic mass is 10.1. The van der Waals surface area contributed by atoms with E-state index in [4.69, 9.17) is 11.6 Å². The fourth-order valence-corrected chi connectivity index (χ4v) is 3.57. The molecule has 1 aliphatic rings. The molecule has 1 aliphatic heterocycles. The molecule has 0 aliphatic carbocycles. The van der Waals surface area contributed by atoms with Gasteiger partial charge in [0.2, 0.25) is 0 Å². The van der Waals surface area contributed by atoms with E-state index in [1.165, 1.54) is 0 Å². The number of nitrogens with one attached hydrogen (secondary N) is 1. The van der Waals surface area contributed by atoms with Crippen molar-refractivity contribution < 1.29 is 9.59 Å². The lowest BCUT2D eigenvalue weighted by Crippen LogP contribution is -2.37. The molecule has 0 bridgehead atoms. The van der Waals surface area contributed by atoms with Gasteiger partial charge in [0.15, 0.2) is 0 Å². The highest BCUT2D eigenvalue weighted by Gasteiger charge is 2.27. The van der Waals surface area contributed by atoms with Crippen LogP contribution in [0, 0.1) is 0 Å². The molecule has 1 N–H and O–H groups in total. The van der Waals surface area contributed by atoms with Crippen LogP contribution in [-0.2, 0) is 11.2 Å². The van der Waals surface area contributed by atoms with Crippen LogP contribution >= 0.6 is 11.6 Å². The third kappa shape index (κ3) is 4.08. The summed E-state index contributed by atoms with van der Waals surface area (Å²) < 4.78 is 0. The zero-order valence-electron chi connectivity index (χ0n) is 15.6. The van der Waals surface area contributed by atoms with Crippen LogP contribution in [0.4, 0.5) is 5.69 Å². The molecule has 0 radical (unpaired) electrons. The average Bonchev–Trinajstić information content (AvgIpc) is 3.19. The maximum absolute atomic E-state index is 13.4. The number of nitrogens with zero attached hydrogens (tertiary/aromatic N) is 1. The van der Waals surface area contributed by atoms with E-state index >= 15 is 0 Å². The number of anilines is 1. The van der Waals surface area contributed by atoms with Gasteiger partial charge >= 0.3 is 0 Å². The summed E-state index contributed by atoms with van der Waals surface area (Å²) >= 11 is 6.29. The fourth-order valence-electron chi connectivity index (χ4n) is 3.38. The molecule has 3 aromatic rings. The van der Waals surface area contributed by atoms with Crippen molar-refractivity contribution in [3.05, 3.63) is 106 Å². The van der Waals surface area contributed by atoms with Crippen LogP contribution in [0.3, 0.4) is 0 Å². The van der Waals surface area contributed by atoms with E-state index in [-0.39, 0.29) is 17.5 Å². The van der Waals surface area contributed by atoms with Gasteiger partial charge in [0, 0.05) is 22.8 Å². The monoisotopic (exact) mass is 402 g/mol. The zero-order valence-corrected chi connectivity index (χ0v) is 16.4. The molecule has 0 spiro atoms. The summed E-state index contributed by atoms with van der Waals surface area (Å²) in [6.07, 6.45) is 2.42. The summed E-state index contributed by atoms with van der Waals surface area (Å²) in [6, 6.07) is 23.8. The Morgan fingerprint density at radius 1 is 0.897 bits per heavy atom. The van der Waals surface area contributed by atoms with Crippen molar-refractivity contribution in [2.75, 3.05) is 11.4 Å². The lowest BCUT2D eigenvalue weighted by Gasteiger charge is -2.20. The van der Waals surface area contributed by atoms with E-state index in [0.717, 1.165) is 17.7 Å². The number of hydrogen-bond acceptors (Lipinski definition) is 2. The van der Waals surface area contributed by atoms with Crippen molar-refractivity contribution in [1.82, 2.24) is 5.32 Å². The van der Waals surface area contributed by atoms with E-state index in [2.05, 4.69) is 5.32 Å². The summed E-state index contributed by atoms with van der Waals surface area (Å²) in [4.78, 5) is 27.8. The van der Waals surface area contributed by atoms with Gasteiger partial charge in [-0.3, -0.25) is 9.59 Å². The van der Waals surface area contributed by atoms with Crippen LogP contribution < -0.4 is 10.2 Å². The summed E-state index contributed by atoms with van der Waals surface area (Å²) in [5.74, 6) is -0.608. The standard InChI is InChI=1S/C24H19ClN2O2/c25-20-12-6-4-11-19(20)16-21(26-23(28)18-9-2-1-3-10-18)24(29)27-15-14-17-8-5-7-13-22(17)27/h1-13,16H,14-15H2,(H,26,28). The Hall–Kier alpha value is -3.37. The van der Waals surface area contributed by atoms with Crippen LogP contribution in [0.1, 0.15) is 21.5 Å². The minimum Gasteiger partial charge on any atom is -0.317 e. The Kier molecular flexibility index (Phi) is 5.45. The number of carbonyl (C=O) groups excluding carboxylic acids is 2. The number of fused-ring (bicyclic) bond motifs is 1. The molecule has 0 atom stereocenters. The molecule has 0 fully saturated rings. The van der Waals surface area contributed by atoms with Crippen molar-refractivity contribution in [2.24, 2.45) is 0 Å². The number of benzene rings is 3. The SMILES string of the molecule is O=C(NC(=Cc1ccccc1Cl)C(=O)N1CCc2ccccc21)c1ccccc1. The minimum atomic E-state index is -0.343. The van der Waals surface area contributed by atoms with Gasteiger partial charge in [-0.25, -0.2) is 0 Å². The second kappa shape index (κ2) is 8.33. The molecular weight excluding hydrogens is 384 g/mol. The van der Waals surface area contributed by atoms with Crippen molar-refractivity contribution in [2.45, 2.75) is 6.42 Å². The van der Waals surface area contributed by atoms with Gasteiger partial charge in [-0.05, 0) is 47.9 Å². The van der Waals surface area contributed by atoms with Crippen LogP contribution in [0.25, 0.3) is 6.08 Å². The van der Waals surface area contributed by atoms with E-state index in [1.54, 1.807) is 41.3 Å². The molecule has 0 saturated heterocycles. The average molecular weight is 403 g/mol. The first kappa shape index (κ1) is 19.0. The summed E-state index contributed by atoms with van der Waals surface area (Å²) in [6.45, 7) is 0.569. The minimum absolute atomic E-state index is 0.184. The quantitative estimate of drug-likeness (QED) is 0.643. The molecule has 5 heteroatoms. The smallest absolute Gasteiger partial charge is 0.274 e. The lowest BCUT2D eigenvalue weighted by molar-refractivity contribution is -0.115. The van der Waals surface area contributed by atoms with Crippen molar-refractivity contribution in [1.29, 1.82) is 0 Å². The Labute approximate surface area is 174 Å². The van der Waals surface area contributed by atoms with Gasteiger partial charge in [0.25, 0.3) is 11.8 Å². The maximum atomic E-state index is 13.4. The Bertz CT molecular complexity index is 1090. The Morgan fingerprint density at radius 3 is 2.38 bits per heavy atom. The van der Waals surface area contributed by atoms with Crippen LogP contribution in [0.2, 0.25) is 5.02 Å². The maximum Gasteiger partial charge on any atom is 0.274 e. The van der Waals surface area contributed by atoms with Gasteiger partial charge in [0.05, 0.1) is 0 Å². The molecule has 0 aromatic heterocycles. The van der Waals surface area contributed by atoms with Crippen LogP contribution in [0.5, 0.6) is 0 Å². The first-order valence-corrected chi connectivity index (χ1v) is 9.73. The molecule has 144 valence electrons. The van der Waals surface area contributed by atoms with Gasteiger partial charge < -0.3 is 10.2 Å². The first-order chi connectivity index (χ1) is 14.1. The van der Waals surface area contributed by atoms with E-state index in [9.17, 15) is 9.59 Å². The molecule has 4 nitrogen and oxygen atoms in total. The molecule has 2 amide bonds. The van der Waals surface area contributed by atoms with Crippen LogP contribution in [-0.4, -0.2) is 18.4 Å².